The lowest BCUT2D eigenvalue weighted by atomic mass is 10.1. The van der Waals surface area contributed by atoms with Gasteiger partial charge in [0.1, 0.15) is 5.65 Å². The third-order valence-electron chi connectivity index (χ3n) is 4.52. The van der Waals surface area contributed by atoms with Crippen LogP contribution in [0.4, 0.5) is 0 Å². The summed E-state index contributed by atoms with van der Waals surface area (Å²) in [5.41, 5.74) is 3.62. The van der Waals surface area contributed by atoms with Crippen LogP contribution in [-0.2, 0) is 11.2 Å². The Morgan fingerprint density at radius 1 is 1.08 bits per heavy atom. The fraction of sp³-hybridized carbons (Fsp3) is 0.263. The molecular weight excluding hydrogens is 322 g/mol. The number of rotatable bonds is 3. The Morgan fingerprint density at radius 2 is 1.83 bits per heavy atom. The summed E-state index contributed by atoms with van der Waals surface area (Å²) in [6, 6.07) is 13.5. The van der Waals surface area contributed by atoms with Crippen molar-refractivity contribution >= 4 is 23.2 Å². The van der Waals surface area contributed by atoms with Crippen LogP contribution < -0.4 is 0 Å². The standard InChI is InChI=1S/C19H18ClN3O/c20-15-8-6-14(7-9-15)19-16(13-18(24)22-10-3-4-11-22)23-12-2-1-5-17(23)21-19/h1-2,5-9,12H,3-4,10-11,13H2. The van der Waals surface area contributed by atoms with Gasteiger partial charge in [0.05, 0.1) is 17.8 Å². The van der Waals surface area contributed by atoms with E-state index in [-0.39, 0.29) is 5.91 Å². The number of aromatic nitrogens is 2. The lowest BCUT2D eigenvalue weighted by Gasteiger charge is -2.15. The number of fused-ring (bicyclic) bond motifs is 1. The van der Waals surface area contributed by atoms with Crippen molar-refractivity contribution in [2.45, 2.75) is 19.3 Å². The minimum Gasteiger partial charge on any atom is -0.342 e. The molecule has 1 aliphatic heterocycles. The molecule has 2 aromatic heterocycles. The maximum Gasteiger partial charge on any atom is 0.228 e. The van der Waals surface area contributed by atoms with E-state index in [2.05, 4.69) is 0 Å². The monoisotopic (exact) mass is 339 g/mol. The topological polar surface area (TPSA) is 37.6 Å². The molecule has 0 spiro atoms. The molecule has 3 heterocycles. The zero-order chi connectivity index (χ0) is 16.5. The molecule has 4 nitrogen and oxygen atoms in total. The van der Waals surface area contributed by atoms with Gasteiger partial charge in [-0.05, 0) is 37.1 Å². The molecule has 24 heavy (non-hydrogen) atoms. The predicted molar refractivity (Wildman–Crippen MR) is 95.2 cm³/mol. The molecule has 4 rings (SSSR count). The van der Waals surface area contributed by atoms with Crippen molar-refractivity contribution in [3.63, 3.8) is 0 Å². The van der Waals surface area contributed by atoms with Crippen molar-refractivity contribution in [3.05, 3.63) is 59.4 Å². The smallest absolute Gasteiger partial charge is 0.228 e. The highest BCUT2D eigenvalue weighted by Gasteiger charge is 2.22. The minimum atomic E-state index is 0.174. The number of pyridine rings is 1. The number of carbonyl (C=O) groups excluding carboxylic acids is 1. The summed E-state index contributed by atoms with van der Waals surface area (Å²) >= 11 is 6.00. The van der Waals surface area contributed by atoms with Crippen LogP contribution in [0.5, 0.6) is 0 Å². The van der Waals surface area contributed by atoms with Crippen LogP contribution in [0.3, 0.4) is 0 Å². The summed E-state index contributed by atoms with van der Waals surface area (Å²) in [5.74, 6) is 0.174. The number of hydrogen-bond acceptors (Lipinski definition) is 2. The average molecular weight is 340 g/mol. The van der Waals surface area contributed by atoms with Crippen molar-refractivity contribution in [1.29, 1.82) is 0 Å². The molecule has 1 saturated heterocycles. The van der Waals surface area contributed by atoms with Crippen molar-refractivity contribution in [2.75, 3.05) is 13.1 Å². The van der Waals surface area contributed by atoms with Gasteiger partial charge in [-0.15, -0.1) is 0 Å². The molecule has 0 saturated carbocycles. The molecule has 3 aromatic rings. The van der Waals surface area contributed by atoms with E-state index in [9.17, 15) is 4.79 Å². The highest BCUT2D eigenvalue weighted by Crippen LogP contribution is 2.27. The van der Waals surface area contributed by atoms with E-state index in [1.54, 1.807) is 0 Å². The number of halogens is 1. The van der Waals surface area contributed by atoms with Crippen LogP contribution in [-0.4, -0.2) is 33.3 Å². The highest BCUT2D eigenvalue weighted by molar-refractivity contribution is 6.30. The third-order valence-corrected chi connectivity index (χ3v) is 4.78. The van der Waals surface area contributed by atoms with Crippen LogP contribution in [0.25, 0.3) is 16.9 Å². The zero-order valence-corrected chi connectivity index (χ0v) is 14.0. The summed E-state index contributed by atoms with van der Waals surface area (Å²) in [7, 11) is 0. The molecule has 0 N–H and O–H groups in total. The van der Waals surface area contributed by atoms with Crippen molar-refractivity contribution in [2.24, 2.45) is 0 Å². The van der Waals surface area contributed by atoms with Crippen molar-refractivity contribution < 1.29 is 4.79 Å². The highest BCUT2D eigenvalue weighted by atomic mass is 35.5. The van der Waals surface area contributed by atoms with Crippen LogP contribution in [0, 0.1) is 0 Å². The van der Waals surface area contributed by atoms with Gasteiger partial charge in [0.15, 0.2) is 0 Å². The second-order valence-corrected chi connectivity index (χ2v) is 6.54. The van der Waals surface area contributed by atoms with E-state index in [0.717, 1.165) is 48.5 Å². The molecule has 0 unspecified atom stereocenters. The summed E-state index contributed by atoms with van der Waals surface area (Å²) in [6.07, 6.45) is 4.53. The van der Waals surface area contributed by atoms with Gasteiger partial charge in [-0.2, -0.15) is 0 Å². The molecule has 0 aliphatic carbocycles. The van der Waals surface area contributed by atoms with Crippen molar-refractivity contribution in [3.8, 4) is 11.3 Å². The Morgan fingerprint density at radius 3 is 2.58 bits per heavy atom. The van der Waals surface area contributed by atoms with Gasteiger partial charge < -0.3 is 9.30 Å². The summed E-state index contributed by atoms with van der Waals surface area (Å²) in [4.78, 5) is 19.4. The molecule has 0 atom stereocenters. The van der Waals surface area contributed by atoms with Gasteiger partial charge in [-0.3, -0.25) is 4.79 Å². The van der Waals surface area contributed by atoms with E-state index in [0.29, 0.717) is 11.4 Å². The first-order valence-electron chi connectivity index (χ1n) is 8.22. The van der Waals surface area contributed by atoms with Gasteiger partial charge in [0, 0.05) is 29.9 Å². The zero-order valence-electron chi connectivity index (χ0n) is 13.3. The fourth-order valence-electron chi connectivity index (χ4n) is 3.28. The van der Waals surface area contributed by atoms with E-state index >= 15 is 0 Å². The average Bonchev–Trinajstić information content (AvgIpc) is 3.24. The summed E-state index contributed by atoms with van der Waals surface area (Å²) < 4.78 is 2.01. The number of hydrogen-bond donors (Lipinski definition) is 0. The number of amides is 1. The number of nitrogens with zero attached hydrogens (tertiary/aromatic N) is 3. The van der Waals surface area contributed by atoms with Gasteiger partial charge in [-0.1, -0.05) is 29.8 Å². The van der Waals surface area contributed by atoms with Crippen molar-refractivity contribution in [1.82, 2.24) is 14.3 Å². The largest absolute Gasteiger partial charge is 0.342 e. The van der Waals surface area contributed by atoms with Crippen LogP contribution in [0.1, 0.15) is 18.5 Å². The fourth-order valence-corrected chi connectivity index (χ4v) is 3.40. The van der Waals surface area contributed by atoms with Crippen LogP contribution in [0.15, 0.2) is 48.7 Å². The first-order chi connectivity index (χ1) is 11.7. The maximum atomic E-state index is 12.7. The SMILES string of the molecule is O=C(Cc1c(-c2ccc(Cl)cc2)nc2ccccn12)N1CCCC1. The number of likely N-dealkylation sites (tertiary alicyclic amines) is 1. The first-order valence-corrected chi connectivity index (χ1v) is 8.60. The molecule has 5 heteroatoms. The second-order valence-electron chi connectivity index (χ2n) is 6.11. The maximum absolute atomic E-state index is 12.7. The van der Waals surface area contributed by atoms with E-state index in [1.807, 2.05) is 58.0 Å². The Labute approximate surface area is 145 Å². The lowest BCUT2D eigenvalue weighted by Crippen LogP contribution is -2.29. The quantitative estimate of drug-likeness (QED) is 0.727. The molecule has 1 aromatic carbocycles. The molecule has 1 aliphatic rings. The van der Waals surface area contributed by atoms with E-state index < -0.39 is 0 Å². The summed E-state index contributed by atoms with van der Waals surface area (Å²) in [5, 5.41) is 0.692. The first kappa shape index (κ1) is 15.2. The van der Waals surface area contributed by atoms with E-state index in [4.69, 9.17) is 16.6 Å². The third kappa shape index (κ3) is 2.78. The predicted octanol–water partition coefficient (Wildman–Crippen LogP) is 3.82. The molecular formula is C19H18ClN3O. The van der Waals surface area contributed by atoms with Gasteiger partial charge in [0.2, 0.25) is 5.91 Å². The minimum absolute atomic E-state index is 0.174. The molecule has 1 fully saturated rings. The van der Waals surface area contributed by atoms with Crippen LogP contribution >= 0.6 is 11.6 Å². The molecule has 0 bridgehead atoms. The van der Waals surface area contributed by atoms with Crippen LogP contribution in [0.2, 0.25) is 5.02 Å². The van der Waals surface area contributed by atoms with E-state index in [1.165, 1.54) is 0 Å². The number of carbonyl (C=O) groups is 1. The number of benzene rings is 1. The second kappa shape index (κ2) is 6.29. The lowest BCUT2D eigenvalue weighted by molar-refractivity contribution is -0.129. The Balaban J connectivity index is 1.78. The Hall–Kier alpha value is -2.33. The summed E-state index contributed by atoms with van der Waals surface area (Å²) in [6.45, 7) is 1.73. The Bertz CT molecular complexity index is 879. The molecule has 0 radical (unpaired) electrons. The Kier molecular flexibility index (Phi) is 3.98. The van der Waals surface area contributed by atoms with Gasteiger partial charge in [0.25, 0.3) is 0 Å². The van der Waals surface area contributed by atoms with Gasteiger partial charge in [-0.25, -0.2) is 4.98 Å². The molecule has 1 amide bonds. The van der Waals surface area contributed by atoms with Gasteiger partial charge >= 0.3 is 0 Å². The molecule has 122 valence electrons. The number of imidazole rings is 1. The normalized spacial score (nSPS) is 14.5.